The van der Waals surface area contributed by atoms with Gasteiger partial charge in [0, 0.05) is 23.2 Å². The molecule has 1 atom stereocenters. The number of rotatable bonds is 6. The number of ether oxygens (including phenoxy) is 2. The lowest BCUT2D eigenvalue weighted by molar-refractivity contribution is 0.0488. The maximum absolute atomic E-state index is 5.64. The molecule has 1 aliphatic heterocycles. The van der Waals surface area contributed by atoms with Crippen LogP contribution >= 0.6 is 11.8 Å². The van der Waals surface area contributed by atoms with Gasteiger partial charge in [-0.05, 0) is 18.6 Å². The summed E-state index contributed by atoms with van der Waals surface area (Å²) in [5.41, 5.74) is 1.45. The van der Waals surface area contributed by atoms with Crippen LogP contribution in [0.25, 0.3) is 0 Å². The van der Waals surface area contributed by atoms with Crippen molar-refractivity contribution >= 4 is 11.8 Å². The van der Waals surface area contributed by atoms with Gasteiger partial charge < -0.3 is 9.47 Å². The van der Waals surface area contributed by atoms with E-state index in [2.05, 4.69) is 24.3 Å². The quantitative estimate of drug-likeness (QED) is 0.710. The van der Waals surface area contributed by atoms with Gasteiger partial charge in [-0.15, -0.1) is 11.8 Å². The second-order valence-corrected chi connectivity index (χ2v) is 4.88. The number of fused-ring (bicyclic) bond motifs is 1. The third-order valence-corrected chi connectivity index (χ3v) is 3.95. The van der Waals surface area contributed by atoms with Crippen molar-refractivity contribution < 1.29 is 9.47 Å². The highest BCUT2D eigenvalue weighted by Crippen LogP contribution is 2.39. The first kappa shape index (κ1) is 12.0. The Morgan fingerprint density at radius 3 is 2.94 bits per heavy atom. The van der Waals surface area contributed by atoms with Gasteiger partial charge in [-0.25, -0.2) is 0 Å². The van der Waals surface area contributed by atoms with E-state index in [1.165, 1.54) is 10.5 Å². The van der Waals surface area contributed by atoms with E-state index < -0.39 is 0 Å². The van der Waals surface area contributed by atoms with Crippen LogP contribution in [0, 0.1) is 0 Å². The lowest BCUT2D eigenvalue weighted by Crippen LogP contribution is -2.11. The third-order valence-electron chi connectivity index (χ3n) is 2.69. The molecule has 1 aromatic rings. The maximum Gasteiger partial charge on any atom is 0.0700 e. The summed E-state index contributed by atoms with van der Waals surface area (Å²) in [6, 6.07) is 8.62. The molecule has 0 N–H and O–H groups in total. The Kier molecular flexibility index (Phi) is 4.69. The van der Waals surface area contributed by atoms with Crippen LogP contribution in [0.1, 0.15) is 18.4 Å². The van der Waals surface area contributed by atoms with Gasteiger partial charge in [0.1, 0.15) is 0 Å². The van der Waals surface area contributed by atoms with Gasteiger partial charge in [0.25, 0.3) is 0 Å². The van der Waals surface area contributed by atoms with E-state index in [-0.39, 0.29) is 0 Å². The smallest absolute Gasteiger partial charge is 0.0700 e. The average Bonchev–Trinajstić information content (AvgIpc) is 2.73. The van der Waals surface area contributed by atoms with Gasteiger partial charge in [0.2, 0.25) is 0 Å². The fourth-order valence-electron chi connectivity index (χ4n) is 1.86. The van der Waals surface area contributed by atoms with Gasteiger partial charge in [-0.2, -0.15) is 0 Å². The van der Waals surface area contributed by atoms with Crippen molar-refractivity contribution in [1.82, 2.24) is 0 Å². The lowest BCUT2D eigenvalue weighted by Gasteiger charge is -2.11. The van der Waals surface area contributed by atoms with Crippen LogP contribution in [-0.4, -0.2) is 32.2 Å². The van der Waals surface area contributed by atoms with E-state index in [4.69, 9.17) is 9.47 Å². The molecule has 0 spiro atoms. The summed E-state index contributed by atoms with van der Waals surface area (Å²) in [5, 5.41) is 0. The second-order valence-electron chi connectivity index (χ2n) is 3.82. The highest BCUT2D eigenvalue weighted by atomic mass is 32.2. The molecule has 0 saturated carbocycles. The van der Waals surface area contributed by atoms with Crippen molar-refractivity contribution in [1.29, 1.82) is 0 Å². The topological polar surface area (TPSA) is 18.5 Å². The first-order chi connectivity index (χ1) is 7.92. The molecule has 1 unspecified atom stereocenters. The molecule has 0 radical (unpaired) electrons. The highest BCUT2D eigenvalue weighted by molar-refractivity contribution is 7.99. The zero-order chi connectivity index (χ0) is 11.2. The lowest BCUT2D eigenvalue weighted by atomic mass is 10.0. The molecule has 0 aliphatic carbocycles. The second kappa shape index (κ2) is 6.28. The molecule has 0 bridgehead atoms. The monoisotopic (exact) mass is 238 g/mol. The minimum Gasteiger partial charge on any atom is -0.379 e. The molecule has 0 amide bonds. The summed E-state index contributed by atoms with van der Waals surface area (Å²) in [4.78, 5) is 1.42. The van der Waals surface area contributed by atoms with E-state index in [1.54, 1.807) is 0 Å². The Morgan fingerprint density at radius 2 is 2.06 bits per heavy atom. The molecule has 0 aromatic heterocycles. The van der Waals surface area contributed by atoms with Crippen LogP contribution in [-0.2, 0) is 9.47 Å². The van der Waals surface area contributed by atoms with Gasteiger partial charge in [-0.1, -0.05) is 18.2 Å². The van der Waals surface area contributed by atoms with Crippen molar-refractivity contribution in [2.45, 2.75) is 17.7 Å². The molecule has 2 rings (SSSR count). The van der Waals surface area contributed by atoms with Crippen LogP contribution in [0.15, 0.2) is 29.2 Å². The Labute approximate surface area is 101 Å². The van der Waals surface area contributed by atoms with E-state index in [0.29, 0.717) is 19.1 Å². The zero-order valence-electron chi connectivity index (χ0n) is 9.65. The minimum absolute atomic E-state index is 0.558. The van der Waals surface area contributed by atoms with Crippen LogP contribution in [0.4, 0.5) is 0 Å². The fraction of sp³-hybridized carbons (Fsp3) is 0.538. The standard InChI is InChI=1S/C13H18O2S/c1-2-14-7-8-15-9-11-10-16-13-6-4-3-5-12(11)13/h3-6,11H,2,7-10H2,1H3. The summed E-state index contributed by atoms with van der Waals surface area (Å²) in [6.07, 6.45) is 0. The molecular formula is C13H18O2S. The Balaban J connectivity index is 1.76. The minimum atomic E-state index is 0.558. The average molecular weight is 238 g/mol. The van der Waals surface area contributed by atoms with E-state index >= 15 is 0 Å². The Morgan fingerprint density at radius 1 is 1.25 bits per heavy atom. The van der Waals surface area contributed by atoms with Crippen molar-refractivity contribution in [3.05, 3.63) is 29.8 Å². The number of thioether (sulfide) groups is 1. The normalized spacial score (nSPS) is 18.7. The molecule has 3 heteroatoms. The molecule has 0 saturated heterocycles. The summed E-state index contributed by atoms with van der Waals surface area (Å²) in [6.45, 7) is 5.00. The largest absolute Gasteiger partial charge is 0.379 e. The van der Waals surface area contributed by atoms with Crippen LogP contribution in [0.3, 0.4) is 0 Å². The Hall–Kier alpha value is -0.510. The van der Waals surface area contributed by atoms with Crippen LogP contribution < -0.4 is 0 Å². The van der Waals surface area contributed by atoms with Crippen molar-refractivity contribution in [3.63, 3.8) is 0 Å². The fourth-order valence-corrected chi connectivity index (χ4v) is 3.09. The van der Waals surface area contributed by atoms with Crippen molar-refractivity contribution in [2.24, 2.45) is 0 Å². The molecule has 1 aromatic carbocycles. The molecule has 1 aliphatic rings. The Bertz CT molecular complexity index is 327. The summed E-state index contributed by atoms with van der Waals surface area (Å²) in [5.74, 6) is 1.70. The predicted octanol–water partition coefficient (Wildman–Crippen LogP) is 2.93. The van der Waals surface area contributed by atoms with Crippen LogP contribution in [0.5, 0.6) is 0 Å². The first-order valence-electron chi connectivity index (χ1n) is 5.79. The van der Waals surface area contributed by atoms with E-state index in [0.717, 1.165) is 19.0 Å². The SMILES string of the molecule is CCOCCOCC1CSc2ccccc21. The van der Waals surface area contributed by atoms with Crippen molar-refractivity contribution in [3.8, 4) is 0 Å². The number of hydrogen-bond donors (Lipinski definition) is 0. The zero-order valence-corrected chi connectivity index (χ0v) is 10.5. The molecule has 1 heterocycles. The summed E-state index contributed by atoms with van der Waals surface area (Å²) >= 11 is 1.93. The third kappa shape index (κ3) is 3.00. The maximum atomic E-state index is 5.64. The number of benzene rings is 1. The summed E-state index contributed by atoms with van der Waals surface area (Å²) in [7, 11) is 0. The van der Waals surface area contributed by atoms with Gasteiger partial charge in [-0.3, -0.25) is 0 Å². The molecule has 88 valence electrons. The van der Waals surface area contributed by atoms with E-state index in [9.17, 15) is 0 Å². The van der Waals surface area contributed by atoms with Gasteiger partial charge in [0.05, 0.1) is 19.8 Å². The van der Waals surface area contributed by atoms with Crippen molar-refractivity contribution in [2.75, 3.05) is 32.2 Å². The molecule has 16 heavy (non-hydrogen) atoms. The van der Waals surface area contributed by atoms with Gasteiger partial charge >= 0.3 is 0 Å². The first-order valence-corrected chi connectivity index (χ1v) is 6.77. The molecule has 0 fully saturated rings. The molecular weight excluding hydrogens is 220 g/mol. The highest BCUT2D eigenvalue weighted by Gasteiger charge is 2.22. The summed E-state index contributed by atoms with van der Waals surface area (Å²) < 4.78 is 10.9. The van der Waals surface area contributed by atoms with E-state index in [1.807, 2.05) is 18.7 Å². The number of hydrogen-bond acceptors (Lipinski definition) is 3. The van der Waals surface area contributed by atoms with Gasteiger partial charge in [0.15, 0.2) is 0 Å². The molecule has 2 nitrogen and oxygen atoms in total. The predicted molar refractivity (Wildman–Crippen MR) is 67.2 cm³/mol. The van der Waals surface area contributed by atoms with Crippen LogP contribution in [0.2, 0.25) is 0 Å².